The van der Waals surface area contributed by atoms with Crippen LogP contribution in [0.2, 0.25) is 0 Å². The van der Waals surface area contributed by atoms with Crippen LogP contribution in [-0.4, -0.2) is 18.3 Å². The molecule has 3 rings (SSSR count). The van der Waals surface area contributed by atoms with E-state index in [1.807, 2.05) is 53.0 Å². The van der Waals surface area contributed by atoms with Crippen molar-refractivity contribution in [3.63, 3.8) is 0 Å². The molecule has 0 radical (unpaired) electrons. The highest BCUT2D eigenvalue weighted by atomic mass is 19.1. The summed E-state index contributed by atoms with van der Waals surface area (Å²) in [5, 5.41) is 21.5. The van der Waals surface area contributed by atoms with Gasteiger partial charge in [0, 0.05) is 18.3 Å². The van der Waals surface area contributed by atoms with Gasteiger partial charge >= 0.3 is 0 Å². The second kappa shape index (κ2) is 11.8. The Morgan fingerprint density at radius 2 is 1.81 bits per heavy atom. The Bertz CT molecular complexity index is 985. The van der Waals surface area contributed by atoms with E-state index in [0.29, 0.717) is 11.1 Å². The van der Waals surface area contributed by atoms with Crippen LogP contribution in [0, 0.1) is 43.8 Å². The molecule has 4 heteroatoms. The van der Waals surface area contributed by atoms with Crippen molar-refractivity contribution in [3.8, 4) is 6.07 Å². The monoisotopic (exact) mass is 436 g/mol. The van der Waals surface area contributed by atoms with Crippen molar-refractivity contribution >= 4 is 11.3 Å². The van der Waals surface area contributed by atoms with E-state index in [-0.39, 0.29) is 11.9 Å². The SMILES string of the molecule is CC/C=C(\c1cc(C#N)c(C)cc1C)c1c(F)ccc(NC)c1C.CC1CCC(O)CC1. The number of aliphatic hydroxyl groups is 1. The maximum atomic E-state index is 14.7. The van der Waals surface area contributed by atoms with Gasteiger partial charge in [-0.25, -0.2) is 4.39 Å². The Morgan fingerprint density at radius 3 is 2.34 bits per heavy atom. The van der Waals surface area contributed by atoms with Crippen molar-refractivity contribution in [2.75, 3.05) is 12.4 Å². The molecule has 1 aliphatic carbocycles. The number of aliphatic hydroxyl groups excluding tert-OH is 1. The van der Waals surface area contributed by atoms with Crippen LogP contribution in [0.1, 0.15) is 79.3 Å². The highest BCUT2D eigenvalue weighted by molar-refractivity contribution is 5.85. The summed E-state index contributed by atoms with van der Waals surface area (Å²) < 4.78 is 14.7. The summed E-state index contributed by atoms with van der Waals surface area (Å²) in [5.41, 5.74) is 6.73. The van der Waals surface area contributed by atoms with Gasteiger partial charge in [-0.3, -0.25) is 0 Å². The number of rotatable bonds is 4. The first-order valence-electron chi connectivity index (χ1n) is 11.6. The molecular weight excluding hydrogens is 399 g/mol. The largest absolute Gasteiger partial charge is 0.393 e. The normalized spacial score (nSPS) is 18.4. The number of halogens is 1. The van der Waals surface area contributed by atoms with E-state index in [1.165, 1.54) is 18.9 Å². The summed E-state index contributed by atoms with van der Waals surface area (Å²) in [4.78, 5) is 0. The van der Waals surface area contributed by atoms with Gasteiger partial charge in [-0.15, -0.1) is 0 Å². The number of allylic oxidation sites excluding steroid dienone is 1. The lowest BCUT2D eigenvalue weighted by molar-refractivity contribution is 0.112. The number of nitrogens with one attached hydrogen (secondary N) is 1. The van der Waals surface area contributed by atoms with Gasteiger partial charge in [-0.1, -0.05) is 26.0 Å². The molecule has 172 valence electrons. The molecule has 1 fully saturated rings. The minimum Gasteiger partial charge on any atom is -0.393 e. The van der Waals surface area contributed by atoms with Crippen molar-refractivity contribution in [3.05, 3.63) is 69.5 Å². The summed E-state index contributed by atoms with van der Waals surface area (Å²) in [6.45, 7) is 10.1. The van der Waals surface area contributed by atoms with Crippen molar-refractivity contribution in [2.24, 2.45) is 5.92 Å². The summed E-state index contributed by atoms with van der Waals surface area (Å²) in [6, 6.07) is 9.34. The number of hydrogen-bond donors (Lipinski definition) is 2. The standard InChI is InChI=1S/C21H23FN2.C7H14O/c1-6-7-17(18-11-16(12-23)13(2)10-14(18)3)21-15(4)20(24-5)9-8-19(21)22;1-6-2-4-7(8)5-3-6/h7-11,24H,6H2,1-5H3;6-8H,2-5H2,1H3/b17-7+;. The molecule has 0 bridgehead atoms. The zero-order valence-electron chi connectivity index (χ0n) is 20.3. The van der Waals surface area contributed by atoms with Crippen molar-refractivity contribution in [1.82, 2.24) is 0 Å². The minimum absolute atomic E-state index is 0.0196. The van der Waals surface area contributed by atoms with Crippen molar-refractivity contribution < 1.29 is 9.50 Å². The Kier molecular flexibility index (Phi) is 9.47. The number of aryl methyl sites for hydroxylation is 2. The lowest BCUT2D eigenvalue weighted by atomic mass is 9.88. The predicted molar refractivity (Wildman–Crippen MR) is 132 cm³/mol. The number of nitrogens with zero attached hydrogens (tertiary/aromatic N) is 1. The summed E-state index contributed by atoms with van der Waals surface area (Å²) in [5.74, 6) is 0.614. The number of anilines is 1. The molecule has 0 unspecified atom stereocenters. The van der Waals surface area contributed by atoms with E-state index in [9.17, 15) is 9.65 Å². The van der Waals surface area contributed by atoms with Crippen LogP contribution in [0.5, 0.6) is 0 Å². The molecule has 2 aromatic carbocycles. The molecule has 0 aliphatic heterocycles. The number of benzene rings is 2. The van der Waals surface area contributed by atoms with Gasteiger partial charge < -0.3 is 10.4 Å². The van der Waals surface area contributed by atoms with E-state index in [0.717, 1.165) is 58.7 Å². The summed E-state index contributed by atoms with van der Waals surface area (Å²) in [7, 11) is 1.83. The van der Waals surface area contributed by atoms with Gasteiger partial charge in [-0.2, -0.15) is 5.26 Å². The van der Waals surface area contributed by atoms with E-state index < -0.39 is 0 Å². The summed E-state index contributed by atoms with van der Waals surface area (Å²) in [6.07, 6.45) is 7.34. The number of hydrogen-bond acceptors (Lipinski definition) is 3. The fourth-order valence-corrected chi connectivity index (χ4v) is 4.34. The van der Waals surface area contributed by atoms with Crippen LogP contribution in [0.3, 0.4) is 0 Å². The van der Waals surface area contributed by atoms with Crippen LogP contribution in [0.25, 0.3) is 5.57 Å². The van der Waals surface area contributed by atoms with Gasteiger partial charge in [0.15, 0.2) is 0 Å². The first-order valence-corrected chi connectivity index (χ1v) is 11.6. The predicted octanol–water partition coefficient (Wildman–Crippen LogP) is 7.06. The third-order valence-corrected chi connectivity index (χ3v) is 6.33. The van der Waals surface area contributed by atoms with Gasteiger partial charge in [0.1, 0.15) is 5.82 Å². The van der Waals surface area contributed by atoms with E-state index in [1.54, 1.807) is 6.07 Å². The van der Waals surface area contributed by atoms with Crippen LogP contribution in [0.15, 0.2) is 30.3 Å². The van der Waals surface area contributed by atoms with Crippen molar-refractivity contribution in [1.29, 1.82) is 5.26 Å². The van der Waals surface area contributed by atoms with Gasteiger partial charge in [0.05, 0.1) is 17.7 Å². The fourth-order valence-electron chi connectivity index (χ4n) is 4.34. The number of nitriles is 1. The average molecular weight is 437 g/mol. The molecule has 2 N–H and O–H groups in total. The third-order valence-electron chi connectivity index (χ3n) is 6.33. The molecule has 0 atom stereocenters. The Balaban J connectivity index is 0.000000380. The molecule has 3 nitrogen and oxygen atoms in total. The molecule has 0 heterocycles. The maximum absolute atomic E-state index is 14.7. The molecule has 1 aliphatic rings. The Hall–Kier alpha value is -2.64. The molecule has 0 amide bonds. The van der Waals surface area contributed by atoms with E-state index in [4.69, 9.17) is 5.11 Å². The lowest BCUT2D eigenvalue weighted by Crippen LogP contribution is -2.15. The maximum Gasteiger partial charge on any atom is 0.131 e. The minimum atomic E-state index is -0.246. The Labute approximate surface area is 193 Å². The second-order valence-electron chi connectivity index (χ2n) is 8.88. The zero-order chi connectivity index (χ0) is 23.8. The van der Waals surface area contributed by atoms with Crippen LogP contribution in [0.4, 0.5) is 10.1 Å². The first-order chi connectivity index (χ1) is 15.2. The third kappa shape index (κ3) is 6.20. The van der Waals surface area contributed by atoms with E-state index >= 15 is 0 Å². The topological polar surface area (TPSA) is 56.0 Å². The molecule has 0 aromatic heterocycles. The Morgan fingerprint density at radius 1 is 1.16 bits per heavy atom. The van der Waals surface area contributed by atoms with E-state index in [2.05, 4.69) is 18.3 Å². The average Bonchev–Trinajstić information content (AvgIpc) is 2.76. The molecule has 0 spiro atoms. The highest BCUT2D eigenvalue weighted by Crippen LogP contribution is 2.35. The second-order valence-corrected chi connectivity index (χ2v) is 8.88. The summed E-state index contributed by atoms with van der Waals surface area (Å²) >= 11 is 0. The smallest absolute Gasteiger partial charge is 0.131 e. The van der Waals surface area contributed by atoms with Crippen LogP contribution < -0.4 is 5.32 Å². The quantitative estimate of drug-likeness (QED) is 0.539. The van der Waals surface area contributed by atoms with Crippen LogP contribution >= 0.6 is 0 Å². The molecular formula is C28H37FN2O. The molecule has 2 aromatic rings. The fraction of sp³-hybridized carbons (Fsp3) is 0.464. The molecule has 32 heavy (non-hydrogen) atoms. The van der Waals surface area contributed by atoms with Gasteiger partial charge in [-0.05, 0) is 105 Å². The zero-order valence-corrected chi connectivity index (χ0v) is 20.3. The van der Waals surface area contributed by atoms with Crippen LogP contribution in [-0.2, 0) is 0 Å². The van der Waals surface area contributed by atoms with Gasteiger partial charge in [0.25, 0.3) is 0 Å². The molecule has 1 saturated carbocycles. The lowest BCUT2D eigenvalue weighted by Gasteiger charge is -2.21. The van der Waals surface area contributed by atoms with Crippen molar-refractivity contribution in [2.45, 2.75) is 72.8 Å². The van der Waals surface area contributed by atoms with Gasteiger partial charge in [0.2, 0.25) is 0 Å². The first kappa shape index (κ1) is 25.6. The molecule has 0 saturated heterocycles. The highest BCUT2D eigenvalue weighted by Gasteiger charge is 2.18.